The van der Waals surface area contributed by atoms with Crippen LogP contribution < -0.4 is 5.84 Å². The Morgan fingerprint density at radius 1 is 1.80 bits per heavy atom. The Bertz CT molecular complexity index is 150. The molecule has 0 radical (unpaired) electrons. The van der Waals surface area contributed by atoms with E-state index in [9.17, 15) is 4.79 Å². The van der Waals surface area contributed by atoms with Gasteiger partial charge in [-0.1, -0.05) is 6.92 Å². The van der Waals surface area contributed by atoms with Gasteiger partial charge in [0.05, 0.1) is 19.0 Å². The summed E-state index contributed by atoms with van der Waals surface area (Å²) in [6.07, 6.45) is 0.685. The van der Waals surface area contributed by atoms with Gasteiger partial charge in [-0.3, -0.25) is 9.80 Å². The standard InChI is InChI=1S/C6H11N3O/c1-2-6(10)9(8)5-3-4-7/h2-3,5,8H2,1H3. The second-order valence-corrected chi connectivity index (χ2v) is 1.85. The average molecular weight is 141 g/mol. The molecule has 0 aliphatic carbocycles. The van der Waals surface area contributed by atoms with E-state index in [1.807, 2.05) is 6.07 Å². The van der Waals surface area contributed by atoms with Gasteiger partial charge in [0.15, 0.2) is 0 Å². The predicted octanol–water partition coefficient (Wildman–Crippen LogP) is 0.0124. The molecule has 0 atom stereocenters. The maximum Gasteiger partial charge on any atom is 0.236 e. The van der Waals surface area contributed by atoms with Crippen LogP contribution in [0.5, 0.6) is 0 Å². The van der Waals surface area contributed by atoms with Crippen LogP contribution in [0, 0.1) is 11.3 Å². The van der Waals surface area contributed by atoms with E-state index in [1.54, 1.807) is 6.92 Å². The zero-order valence-electron chi connectivity index (χ0n) is 6.00. The van der Waals surface area contributed by atoms with Crippen LogP contribution in [-0.2, 0) is 4.79 Å². The van der Waals surface area contributed by atoms with Crippen LogP contribution in [-0.4, -0.2) is 17.5 Å². The van der Waals surface area contributed by atoms with E-state index < -0.39 is 0 Å². The summed E-state index contributed by atoms with van der Waals surface area (Å²) in [5.41, 5.74) is 0. The van der Waals surface area contributed by atoms with Crippen molar-refractivity contribution in [3.05, 3.63) is 0 Å². The van der Waals surface area contributed by atoms with Crippen LogP contribution in [0.1, 0.15) is 19.8 Å². The fraction of sp³-hybridized carbons (Fsp3) is 0.667. The number of nitrogens with two attached hydrogens (primary N) is 1. The van der Waals surface area contributed by atoms with Crippen LogP contribution in [0.3, 0.4) is 0 Å². The molecule has 0 saturated carbocycles. The van der Waals surface area contributed by atoms with Crippen molar-refractivity contribution >= 4 is 5.91 Å². The number of rotatable bonds is 3. The Balaban J connectivity index is 3.53. The highest BCUT2D eigenvalue weighted by atomic mass is 16.2. The molecule has 1 amide bonds. The Kier molecular flexibility index (Phi) is 4.25. The first-order chi connectivity index (χ1) is 4.72. The summed E-state index contributed by atoms with van der Waals surface area (Å²) in [6, 6.07) is 1.90. The fourth-order valence-electron chi connectivity index (χ4n) is 0.498. The fourth-order valence-corrected chi connectivity index (χ4v) is 0.498. The van der Waals surface area contributed by atoms with E-state index in [4.69, 9.17) is 11.1 Å². The van der Waals surface area contributed by atoms with E-state index in [0.29, 0.717) is 19.4 Å². The largest absolute Gasteiger partial charge is 0.280 e. The van der Waals surface area contributed by atoms with Crippen LogP contribution in [0.15, 0.2) is 0 Å². The van der Waals surface area contributed by atoms with E-state index in [1.165, 1.54) is 0 Å². The summed E-state index contributed by atoms with van der Waals surface area (Å²) in [6.45, 7) is 2.05. The molecule has 0 aliphatic heterocycles. The molecule has 0 aromatic carbocycles. The molecule has 56 valence electrons. The summed E-state index contributed by atoms with van der Waals surface area (Å²) in [7, 11) is 0. The van der Waals surface area contributed by atoms with Gasteiger partial charge in [0.25, 0.3) is 0 Å². The van der Waals surface area contributed by atoms with Crippen molar-refractivity contribution in [2.45, 2.75) is 19.8 Å². The van der Waals surface area contributed by atoms with Crippen LogP contribution in [0.2, 0.25) is 0 Å². The average Bonchev–Trinajstić information content (AvgIpc) is 1.98. The second-order valence-electron chi connectivity index (χ2n) is 1.85. The predicted molar refractivity (Wildman–Crippen MR) is 36.4 cm³/mol. The first kappa shape index (κ1) is 8.92. The summed E-state index contributed by atoms with van der Waals surface area (Å²) in [5, 5.41) is 9.20. The number of carbonyl (C=O) groups excluding carboxylic acids is 1. The van der Waals surface area contributed by atoms with Crippen LogP contribution in [0.25, 0.3) is 0 Å². The van der Waals surface area contributed by atoms with Gasteiger partial charge < -0.3 is 0 Å². The van der Waals surface area contributed by atoms with Crippen molar-refractivity contribution in [1.82, 2.24) is 5.01 Å². The van der Waals surface area contributed by atoms with Gasteiger partial charge >= 0.3 is 0 Å². The Morgan fingerprint density at radius 3 is 2.80 bits per heavy atom. The lowest BCUT2D eigenvalue weighted by atomic mass is 10.4. The lowest BCUT2D eigenvalue weighted by Crippen LogP contribution is -2.37. The molecule has 0 rings (SSSR count). The molecule has 0 fully saturated rings. The Hall–Kier alpha value is -1.08. The molecule has 0 aromatic rings. The number of nitrogens with zero attached hydrogens (tertiary/aromatic N) is 2. The maximum atomic E-state index is 10.7. The van der Waals surface area contributed by atoms with E-state index in [-0.39, 0.29) is 5.91 Å². The molecular formula is C6H11N3O. The minimum atomic E-state index is -0.129. The summed E-state index contributed by atoms with van der Waals surface area (Å²) < 4.78 is 0. The molecule has 0 unspecified atom stereocenters. The van der Waals surface area contributed by atoms with E-state index >= 15 is 0 Å². The van der Waals surface area contributed by atoms with Gasteiger partial charge in [0.2, 0.25) is 5.91 Å². The molecule has 0 saturated heterocycles. The molecule has 0 bridgehead atoms. The smallest absolute Gasteiger partial charge is 0.236 e. The number of hydrazine groups is 1. The van der Waals surface area contributed by atoms with Crippen molar-refractivity contribution in [3.63, 3.8) is 0 Å². The van der Waals surface area contributed by atoms with Gasteiger partial charge in [0.1, 0.15) is 0 Å². The highest BCUT2D eigenvalue weighted by Gasteiger charge is 2.03. The van der Waals surface area contributed by atoms with E-state index in [0.717, 1.165) is 5.01 Å². The normalized spacial score (nSPS) is 8.50. The molecule has 4 nitrogen and oxygen atoms in total. The summed E-state index contributed by atoms with van der Waals surface area (Å²) in [5.74, 6) is 5.12. The Morgan fingerprint density at radius 2 is 2.40 bits per heavy atom. The molecule has 2 N–H and O–H groups in total. The molecule has 0 spiro atoms. The molecule has 4 heteroatoms. The molecular weight excluding hydrogens is 130 g/mol. The monoisotopic (exact) mass is 141 g/mol. The zero-order valence-corrected chi connectivity index (χ0v) is 6.00. The number of amides is 1. The van der Waals surface area contributed by atoms with Gasteiger partial charge in [-0.2, -0.15) is 5.26 Å². The zero-order chi connectivity index (χ0) is 7.98. The molecule has 0 aliphatic rings. The third kappa shape index (κ3) is 3.05. The lowest BCUT2D eigenvalue weighted by molar-refractivity contribution is -0.131. The lowest BCUT2D eigenvalue weighted by Gasteiger charge is -2.12. The van der Waals surface area contributed by atoms with Crippen molar-refractivity contribution in [3.8, 4) is 6.07 Å². The summed E-state index contributed by atoms with van der Waals surface area (Å²) in [4.78, 5) is 10.7. The quantitative estimate of drug-likeness (QED) is 0.342. The molecule has 0 heterocycles. The first-order valence-corrected chi connectivity index (χ1v) is 3.14. The number of hydrogen-bond acceptors (Lipinski definition) is 3. The highest BCUT2D eigenvalue weighted by Crippen LogP contribution is 1.87. The highest BCUT2D eigenvalue weighted by molar-refractivity contribution is 5.75. The van der Waals surface area contributed by atoms with Crippen molar-refractivity contribution < 1.29 is 4.79 Å². The Labute approximate surface area is 60.2 Å². The first-order valence-electron chi connectivity index (χ1n) is 3.14. The van der Waals surface area contributed by atoms with Crippen molar-refractivity contribution in [2.75, 3.05) is 6.54 Å². The van der Waals surface area contributed by atoms with Gasteiger partial charge in [0, 0.05) is 6.42 Å². The molecule has 0 aromatic heterocycles. The van der Waals surface area contributed by atoms with Gasteiger partial charge in [-0.15, -0.1) is 0 Å². The number of nitriles is 1. The topological polar surface area (TPSA) is 70.1 Å². The van der Waals surface area contributed by atoms with Crippen LogP contribution >= 0.6 is 0 Å². The van der Waals surface area contributed by atoms with E-state index in [2.05, 4.69) is 0 Å². The summed E-state index contributed by atoms with van der Waals surface area (Å²) >= 11 is 0. The number of hydrogen-bond donors (Lipinski definition) is 1. The minimum Gasteiger partial charge on any atom is -0.280 e. The van der Waals surface area contributed by atoms with Crippen molar-refractivity contribution in [2.24, 2.45) is 5.84 Å². The SMILES string of the molecule is CCC(=O)N(N)CCC#N. The third-order valence-corrected chi connectivity index (χ3v) is 1.09. The van der Waals surface area contributed by atoms with Crippen LogP contribution in [0.4, 0.5) is 0 Å². The third-order valence-electron chi connectivity index (χ3n) is 1.09. The second kappa shape index (κ2) is 4.77. The minimum absolute atomic E-state index is 0.129. The number of carbonyl (C=O) groups is 1. The van der Waals surface area contributed by atoms with Crippen molar-refractivity contribution in [1.29, 1.82) is 5.26 Å². The maximum absolute atomic E-state index is 10.7. The molecule has 10 heavy (non-hydrogen) atoms. The van der Waals surface area contributed by atoms with Gasteiger partial charge in [-0.25, -0.2) is 5.84 Å². The van der Waals surface area contributed by atoms with Gasteiger partial charge in [-0.05, 0) is 0 Å².